The van der Waals surface area contributed by atoms with Gasteiger partial charge in [0.2, 0.25) is 5.95 Å². The Morgan fingerprint density at radius 2 is 1.90 bits per heavy atom. The SMILES string of the molecule is CCCNc1nccc(Sc2ccc3ccccc3c2)n1. The molecule has 0 amide bonds. The number of rotatable bonds is 5. The summed E-state index contributed by atoms with van der Waals surface area (Å²) < 4.78 is 0. The molecular formula is C17H17N3S. The van der Waals surface area contributed by atoms with E-state index in [4.69, 9.17) is 0 Å². The minimum absolute atomic E-state index is 0.697. The zero-order valence-corrected chi connectivity index (χ0v) is 12.7. The predicted octanol–water partition coefficient (Wildman–Crippen LogP) is 4.60. The van der Waals surface area contributed by atoms with E-state index in [1.165, 1.54) is 15.7 Å². The van der Waals surface area contributed by atoms with E-state index in [0.717, 1.165) is 18.0 Å². The first-order valence-electron chi connectivity index (χ1n) is 7.09. The van der Waals surface area contributed by atoms with Gasteiger partial charge in [-0.1, -0.05) is 49.0 Å². The third-order valence-corrected chi connectivity index (χ3v) is 4.03. The van der Waals surface area contributed by atoms with Gasteiger partial charge in [-0.25, -0.2) is 9.97 Å². The van der Waals surface area contributed by atoms with Gasteiger partial charge in [-0.3, -0.25) is 0 Å². The first-order valence-corrected chi connectivity index (χ1v) is 7.90. The second-order valence-electron chi connectivity index (χ2n) is 4.76. The molecule has 0 fully saturated rings. The van der Waals surface area contributed by atoms with Crippen molar-refractivity contribution in [2.24, 2.45) is 0 Å². The zero-order chi connectivity index (χ0) is 14.5. The van der Waals surface area contributed by atoms with Crippen molar-refractivity contribution in [2.75, 3.05) is 11.9 Å². The van der Waals surface area contributed by atoms with Gasteiger partial charge >= 0.3 is 0 Å². The van der Waals surface area contributed by atoms with Gasteiger partial charge in [0.25, 0.3) is 0 Å². The van der Waals surface area contributed by atoms with Gasteiger partial charge in [0, 0.05) is 17.6 Å². The van der Waals surface area contributed by atoms with Crippen LogP contribution in [-0.4, -0.2) is 16.5 Å². The molecule has 106 valence electrons. The molecule has 1 heterocycles. The van der Waals surface area contributed by atoms with Crippen molar-refractivity contribution < 1.29 is 0 Å². The lowest BCUT2D eigenvalue weighted by Crippen LogP contribution is -2.04. The number of benzene rings is 2. The van der Waals surface area contributed by atoms with E-state index < -0.39 is 0 Å². The van der Waals surface area contributed by atoms with Gasteiger partial charge in [-0.15, -0.1) is 0 Å². The van der Waals surface area contributed by atoms with E-state index in [-0.39, 0.29) is 0 Å². The first-order chi connectivity index (χ1) is 10.3. The van der Waals surface area contributed by atoms with Crippen molar-refractivity contribution in [2.45, 2.75) is 23.3 Å². The number of hydrogen-bond donors (Lipinski definition) is 1. The Kier molecular flexibility index (Phi) is 4.36. The number of nitrogens with zero attached hydrogens (tertiary/aromatic N) is 2. The van der Waals surface area contributed by atoms with Crippen molar-refractivity contribution in [3.05, 3.63) is 54.7 Å². The molecule has 0 saturated heterocycles. The first kappa shape index (κ1) is 13.9. The maximum atomic E-state index is 4.53. The van der Waals surface area contributed by atoms with Crippen LogP contribution in [-0.2, 0) is 0 Å². The Morgan fingerprint density at radius 1 is 1.05 bits per heavy atom. The van der Waals surface area contributed by atoms with Crippen LogP contribution in [0.5, 0.6) is 0 Å². The van der Waals surface area contributed by atoms with Crippen molar-refractivity contribution in [1.82, 2.24) is 9.97 Å². The number of hydrogen-bond acceptors (Lipinski definition) is 4. The van der Waals surface area contributed by atoms with Crippen molar-refractivity contribution in [3.8, 4) is 0 Å². The van der Waals surface area contributed by atoms with Gasteiger partial charge in [0.15, 0.2) is 0 Å². The fourth-order valence-corrected chi connectivity index (χ4v) is 2.90. The Morgan fingerprint density at radius 3 is 2.76 bits per heavy atom. The Hall–Kier alpha value is -2.07. The lowest BCUT2D eigenvalue weighted by atomic mass is 10.1. The molecule has 0 unspecified atom stereocenters. The van der Waals surface area contributed by atoms with E-state index in [2.05, 4.69) is 64.7 Å². The summed E-state index contributed by atoms with van der Waals surface area (Å²) in [4.78, 5) is 9.95. The second-order valence-corrected chi connectivity index (χ2v) is 5.85. The molecule has 1 aromatic heterocycles. The maximum Gasteiger partial charge on any atom is 0.223 e. The molecule has 4 heteroatoms. The van der Waals surface area contributed by atoms with Crippen LogP contribution in [0.25, 0.3) is 10.8 Å². The summed E-state index contributed by atoms with van der Waals surface area (Å²) in [6.07, 6.45) is 2.86. The quantitative estimate of drug-likeness (QED) is 0.698. The fourth-order valence-electron chi connectivity index (χ4n) is 2.07. The molecule has 0 aliphatic carbocycles. The number of nitrogens with one attached hydrogen (secondary N) is 1. The van der Waals surface area contributed by atoms with Gasteiger partial charge in [0.1, 0.15) is 5.03 Å². The molecule has 0 radical (unpaired) electrons. The van der Waals surface area contributed by atoms with Crippen molar-refractivity contribution >= 4 is 28.5 Å². The molecule has 2 aromatic carbocycles. The molecule has 0 aliphatic rings. The number of fused-ring (bicyclic) bond motifs is 1. The highest BCUT2D eigenvalue weighted by molar-refractivity contribution is 7.99. The highest BCUT2D eigenvalue weighted by atomic mass is 32.2. The third kappa shape index (κ3) is 3.52. The van der Waals surface area contributed by atoms with E-state index in [1.54, 1.807) is 18.0 Å². The average Bonchev–Trinajstić information content (AvgIpc) is 2.53. The summed E-state index contributed by atoms with van der Waals surface area (Å²) in [7, 11) is 0. The van der Waals surface area contributed by atoms with E-state index in [1.807, 2.05) is 6.07 Å². The Bertz CT molecular complexity index is 743. The summed E-state index contributed by atoms with van der Waals surface area (Å²) in [5.74, 6) is 0.697. The minimum atomic E-state index is 0.697. The summed E-state index contributed by atoms with van der Waals surface area (Å²) in [5.41, 5.74) is 0. The standard InChI is InChI=1S/C17H17N3S/c1-2-10-18-17-19-11-9-16(20-17)21-15-8-7-13-5-3-4-6-14(13)12-15/h3-9,11-12H,2,10H2,1H3,(H,18,19,20). The maximum absolute atomic E-state index is 4.53. The highest BCUT2D eigenvalue weighted by Gasteiger charge is 2.02. The monoisotopic (exact) mass is 295 g/mol. The summed E-state index contributed by atoms with van der Waals surface area (Å²) >= 11 is 1.66. The third-order valence-electron chi connectivity index (χ3n) is 3.11. The lowest BCUT2D eigenvalue weighted by Gasteiger charge is -2.06. The molecule has 0 aliphatic heterocycles. The van der Waals surface area contributed by atoms with Crippen LogP contribution in [0.1, 0.15) is 13.3 Å². The fraction of sp³-hybridized carbons (Fsp3) is 0.176. The largest absolute Gasteiger partial charge is 0.354 e. The average molecular weight is 295 g/mol. The number of anilines is 1. The summed E-state index contributed by atoms with van der Waals surface area (Å²) in [6, 6.07) is 16.8. The zero-order valence-electron chi connectivity index (χ0n) is 11.9. The molecule has 3 rings (SSSR count). The Labute approximate surface area is 128 Å². The molecule has 1 N–H and O–H groups in total. The van der Waals surface area contributed by atoms with Crippen LogP contribution in [0.15, 0.2) is 64.6 Å². The summed E-state index contributed by atoms with van der Waals surface area (Å²) in [6.45, 7) is 3.02. The van der Waals surface area contributed by atoms with Crippen molar-refractivity contribution in [3.63, 3.8) is 0 Å². The van der Waals surface area contributed by atoms with E-state index >= 15 is 0 Å². The smallest absolute Gasteiger partial charge is 0.223 e. The second kappa shape index (κ2) is 6.59. The van der Waals surface area contributed by atoms with Crippen LogP contribution in [0.4, 0.5) is 5.95 Å². The van der Waals surface area contributed by atoms with Crippen LogP contribution in [0.3, 0.4) is 0 Å². The summed E-state index contributed by atoms with van der Waals surface area (Å²) in [5, 5.41) is 6.68. The number of aromatic nitrogens is 2. The molecule has 0 bridgehead atoms. The molecule has 0 atom stereocenters. The van der Waals surface area contributed by atoms with E-state index in [9.17, 15) is 0 Å². The van der Waals surface area contributed by atoms with Crippen LogP contribution in [0, 0.1) is 0 Å². The van der Waals surface area contributed by atoms with Crippen LogP contribution in [0.2, 0.25) is 0 Å². The highest BCUT2D eigenvalue weighted by Crippen LogP contribution is 2.29. The van der Waals surface area contributed by atoms with Gasteiger partial charge < -0.3 is 5.32 Å². The molecular weight excluding hydrogens is 278 g/mol. The normalized spacial score (nSPS) is 10.7. The molecule has 0 saturated carbocycles. The Balaban J connectivity index is 1.81. The molecule has 3 aromatic rings. The van der Waals surface area contributed by atoms with Gasteiger partial charge in [0.05, 0.1) is 0 Å². The van der Waals surface area contributed by atoms with Crippen LogP contribution >= 0.6 is 11.8 Å². The van der Waals surface area contributed by atoms with E-state index in [0.29, 0.717) is 5.95 Å². The van der Waals surface area contributed by atoms with Crippen LogP contribution < -0.4 is 5.32 Å². The molecule has 0 spiro atoms. The molecule has 3 nitrogen and oxygen atoms in total. The minimum Gasteiger partial charge on any atom is -0.354 e. The van der Waals surface area contributed by atoms with Gasteiger partial charge in [-0.05, 0) is 35.4 Å². The molecule has 21 heavy (non-hydrogen) atoms. The van der Waals surface area contributed by atoms with Gasteiger partial charge in [-0.2, -0.15) is 0 Å². The topological polar surface area (TPSA) is 37.8 Å². The van der Waals surface area contributed by atoms with Crippen molar-refractivity contribution in [1.29, 1.82) is 0 Å². The predicted molar refractivity (Wildman–Crippen MR) is 88.9 cm³/mol. The lowest BCUT2D eigenvalue weighted by molar-refractivity contribution is 0.935.